The van der Waals surface area contributed by atoms with Crippen LogP contribution in [0.5, 0.6) is 0 Å². The molecule has 0 aromatic heterocycles. The first kappa shape index (κ1) is 63.8. The first-order valence-corrected chi connectivity index (χ1v) is 28.4. The van der Waals surface area contributed by atoms with Crippen molar-refractivity contribution in [3.63, 3.8) is 0 Å². The number of allylic oxidation sites excluding steroid dienone is 4. The van der Waals surface area contributed by atoms with Crippen molar-refractivity contribution in [2.75, 3.05) is 44.4 Å². The van der Waals surface area contributed by atoms with Gasteiger partial charge in [0.05, 0.1) is 13.2 Å². The molecule has 0 radical (unpaired) electrons. The fourth-order valence-corrected chi connectivity index (χ4v) is 9.22. The van der Waals surface area contributed by atoms with Gasteiger partial charge < -0.3 is 35.1 Å². The molecule has 0 aromatic carbocycles. The van der Waals surface area contributed by atoms with Gasteiger partial charge in [0.2, 0.25) is 0 Å². The maximum absolute atomic E-state index is 12.0. The molecular formula is C54H100LiNO4S2-2. The summed E-state index contributed by atoms with van der Waals surface area (Å²) in [7, 11) is 3.79. The maximum atomic E-state index is 12.0. The largest absolute Gasteiger partial charge is 1.00 e. The van der Waals surface area contributed by atoms with Crippen LogP contribution >= 0.6 is 21.6 Å². The molecule has 0 saturated carbocycles. The molecule has 360 valence electrons. The van der Waals surface area contributed by atoms with E-state index in [0.29, 0.717) is 32.0 Å². The molecule has 1 saturated heterocycles. The SMILES string of the molecule is [CH2-]CC(C[CH2-])CCOC(=O)CCCCCCC/C=C\CCCCCCCC.[CH2-]CSSCCN1CCC(CCOC(=O)CCCCCCC/C=C\CCCCCCCC)CC1.[Li+]. The summed E-state index contributed by atoms with van der Waals surface area (Å²) in [6.45, 7) is 20.9. The monoisotopic (exact) mass is 898 g/mol. The summed E-state index contributed by atoms with van der Waals surface area (Å²) in [5.41, 5.74) is 0. The van der Waals surface area contributed by atoms with Gasteiger partial charge in [-0.2, -0.15) is 12.8 Å². The van der Waals surface area contributed by atoms with Crippen molar-refractivity contribution in [1.82, 2.24) is 4.90 Å². The number of nitrogens with zero attached hydrogens (tertiary/aromatic N) is 1. The summed E-state index contributed by atoms with van der Waals surface area (Å²) in [5, 5.41) is 0. The van der Waals surface area contributed by atoms with Crippen molar-refractivity contribution in [2.24, 2.45) is 11.8 Å². The second-order valence-electron chi connectivity index (χ2n) is 17.6. The Morgan fingerprint density at radius 3 is 1.40 bits per heavy atom. The number of unbranched alkanes of at least 4 members (excludes halogenated alkanes) is 22. The van der Waals surface area contributed by atoms with E-state index in [4.69, 9.17) is 9.47 Å². The average Bonchev–Trinajstić information content (AvgIpc) is 3.27. The van der Waals surface area contributed by atoms with Crippen LogP contribution in [0.15, 0.2) is 24.3 Å². The van der Waals surface area contributed by atoms with Crippen LogP contribution in [0, 0.1) is 32.6 Å². The Bertz CT molecular complexity index is 970. The normalized spacial score (nSPS) is 13.5. The van der Waals surface area contributed by atoms with E-state index in [2.05, 4.69) is 63.8 Å². The molecule has 0 aliphatic carbocycles. The van der Waals surface area contributed by atoms with Gasteiger partial charge in [-0.1, -0.05) is 158 Å². The molecule has 1 aliphatic rings. The minimum Gasteiger partial charge on any atom is -0.466 e. The molecular weight excluding hydrogens is 798 g/mol. The fourth-order valence-electron chi connectivity index (χ4n) is 7.72. The van der Waals surface area contributed by atoms with Crippen molar-refractivity contribution < 1.29 is 37.9 Å². The van der Waals surface area contributed by atoms with Gasteiger partial charge in [0, 0.05) is 25.1 Å². The van der Waals surface area contributed by atoms with Crippen LogP contribution in [0.2, 0.25) is 0 Å². The third-order valence-corrected chi connectivity index (χ3v) is 14.2. The zero-order valence-electron chi connectivity index (χ0n) is 41.5. The quantitative estimate of drug-likeness (QED) is 0.0151. The van der Waals surface area contributed by atoms with E-state index in [0.717, 1.165) is 63.0 Å². The van der Waals surface area contributed by atoms with Crippen molar-refractivity contribution in [1.29, 1.82) is 0 Å². The van der Waals surface area contributed by atoms with Crippen molar-refractivity contribution in [2.45, 2.75) is 232 Å². The Morgan fingerprint density at radius 2 is 0.984 bits per heavy atom. The number of likely N-dealkylation sites (tertiary alicyclic amines) is 1. The smallest absolute Gasteiger partial charge is 0.466 e. The predicted molar refractivity (Wildman–Crippen MR) is 273 cm³/mol. The van der Waals surface area contributed by atoms with Crippen LogP contribution in [0.25, 0.3) is 0 Å². The zero-order valence-corrected chi connectivity index (χ0v) is 43.1. The number of carbonyl (C=O) groups is 2. The molecule has 62 heavy (non-hydrogen) atoms. The van der Waals surface area contributed by atoms with E-state index in [1.807, 2.05) is 21.6 Å². The average molecular weight is 898 g/mol. The Hall–Kier alpha value is -0.323. The molecule has 8 heteroatoms. The van der Waals surface area contributed by atoms with Crippen LogP contribution in [0.3, 0.4) is 0 Å². The van der Waals surface area contributed by atoms with Crippen molar-refractivity contribution >= 4 is 33.5 Å². The minimum atomic E-state index is -0.0421. The second kappa shape index (κ2) is 53.3. The number of carbonyl (C=O) groups excluding carboxylic acids is 2. The first-order chi connectivity index (χ1) is 30.0. The standard InChI is InChI=1S/C29H54NO2S2.C25H46O2.Li/c1-3-5-6-7-8-9-10-11-12-13-14-15-16-17-18-19-29(31)32-26-22-28-20-23-30(24-21-28)25-27-34-33-4-2;1-4-7-8-9-10-11-12-13-14-15-16-17-18-19-20-21-25(26)27-23-22-24(5-2)6-3;/h11-12,28H,2-10,13-27H2,1H3;13-14,24H,2-12,15-23H2,1H3;/q-1;-2;+1/b12-11-;14-13-;. The Labute approximate surface area is 407 Å². The molecule has 1 heterocycles. The zero-order chi connectivity index (χ0) is 44.5. The third kappa shape index (κ3) is 47.6. The molecule has 0 unspecified atom stereocenters. The van der Waals surface area contributed by atoms with Gasteiger partial charge >= 0.3 is 30.8 Å². The van der Waals surface area contributed by atoms with Crippen LogP contribution < -0.4 is 18.9 Å². The number of piperidine rings is 1. The molecule has 0 amide bonds. The maximum Gasteiger partial charge on any atom is 1.00 e. The van der Waals surface area contributed by atoms with Gasteiger partial charge in [-0.15, -0.1) is 16.5 Å². The topological polar surface area (TPSA) is 55.8 Å². The molecule has 0 aromatic rings. The summed E-state index contributed by atoms with van der Waals surface area (Å²) in [6, 6.07) is 0. The molecule has 0 spiro atoms. The molecule has 1 rings (SSSR count). The number of ether oxygens (including phenoxy) is 2. The minimum absolute atomic E-state index is 0. The van der Waals surface area contributed by atoms with E-state index >= 15 is 0 Å². The Balaban J connectivity index is 0. The molecule has 1 aliphatic heterocycles. The third-order valence-electron chi connectivity index (χ3n) is 12.0. The first-order valence-electron chi connectivity index (χ1n) is 26.0. The molecule has 1 fully saturated rings. The number of esters is 2. The van der Waals surface area contributed by atoms with Crippen molar-refractivity contribution in [3.05, 3.63) is 45.1 Å². The van der Waals surface area contributed by atoms with Gasteiger partial charge in [-0.05, 0) is 109 Å². The predicted octanol–water partition coefficient (Wildman–Crippen LogP) is 13.9. The van der Waals surface area contributed by atoms with E-state index in [1.165, 1.54) is 179 Å². The van der Waals surface area contributed by atoms with Crippen LogP contribution in [-0.4, -0.2) is 61.2 Å². The van der Waals surface area contributed by atoms with Crippen LogP contribution in [0.1, 0.15) is 232 Å². The molecule has 0 bridgehead atoms. The Morgan fingerprint density at radius 1 is 0.581 bits per heavy atom. The van der Waals surface area contributed by atoms with Gasteiger partial charge in [-0.25, -0.2) is 0 Å². The fraction of sp³-hybridized carbons (Fsp3) is 0.833. The van der Waals surface area contributed by atoms with E-state index in [9.17, 15) is 9.59 Å². The van der Waals surface area contributed by atoms with Gasteiger partial charge in [-0.3, -0.25) is 9.59 Å². The summed E-state index contributed by atoms with van der Waals surface area (Å²) in [5.74, 6) is 3.32. The molecule has 5 nitrogen and oxygen atoms in total. The van der Waals surface area contributed by atoms with Gasteiger partial charge in [0.25, 0.3) is 0 Å². The van der Waals surface area contributed by atoms with Crippen LogP contribution in [-0.2, 0) is 19.1 Å². The van der Waals surface area contributed by atoms with E-state index < -0.39 is 0 Å². The number of hydrogen-bond donors (Lipinski definition) is 0. The number of rotatable bonds is 43. The van der Waals surface area contributed by atoms with Gasteiger partial charge in [0.15, 0.2) is 0 Å². The second-order valence-corrected chi connectivity index (χ2v) is 20.3. The summed E-state index contributed by atoms with van der Waals surface area (Å²) in [6.07, 6.45) is 50.1. The summed E-state index contributed by atoms with van der Waals surface area (Å²) < 4.78 is 10.8. The van der Waals surface area contributed by atoms with E-state index in [1.54, 1.807) is 0 Å². The van der Waals surface area contributed by atoms with E-state index in [-0.39, 0.29) is 30.8 Å². The van der Waals surface area contributed by atoms with Gasteiger partial charge in [0.1, 0.15) is 0 Å². The van der Waals surface area contributed by atoms with Crippen LogP contribution in [0.4, 0.5) is 0 Å². The summed E-state index contributed by atoms with van der Waals surface area (Å²) >= 11 is 0. The Kier molecular flexibility index (Phi) is 54.8. The summed E-state index contributed by atoms with van der Waals surface area (Å²) in [4.78, 5) is 26.2. The number of hydrogen-bond acceptors (Lipinski definition) is 7. The molecule has 0 atom stereocenters. The van der Waals surface area contributed by atoms with Crippen molar-refractivity contribution in [3.8, 4) is 0 Å². The molecule has 0 N–H and O–H groups in total.